The molecule has 6 aliphatic carbocycles. The lowest BCUT2D eigenvalue weighted by Gasteiger charge is -2.40. The SMILES string of the molecule is C#Cc1cnc(NCCC2=CCc3ccncc32)nc1N[C@@H]1CC[C@H](O)C(C)(C)C1.C#Cc1cnc(NCCC2=CCc3cnccc32)nc1N[C@@H]1CC[C@H](O)C(C)(C)C1.CC(C)(F)COc1ncncc1CNc1ncc(C#N)c(C[C@H]2CCC[C@](C)(O)C2)n1.C[C@H]1CC[C@@H](Cc2nc(NCCc3ccccn3)ncc2C#N)CC1(C)C. The van der Waals surface area contributed by atoms with Crippen molar-refractivity contribution in [2.24, 2.45) is 34.0 Å². The van der Waals surface area contributed by atoms with Crippen molar-refractivity contribution in [3.8, 4) is 42.7 Å². The summed E-state index contributed by atoms with van der Waals surface area (Å²) in [5, 5.41) is 69.7. The second kappa shape index (κ2) is 40.3. The minimum atomic E-state index is -1.48. The average molecular weight is 1600 g/mol. The Morgan fingerprint density at radius 2 is 1.09 bits per heavy atom. The summed E-state index contributed by atoms with van der Waals surface area (Å²) in [6.45, 7) is 22.6. The molecule has 26 heteroatoms. The summed E-state index contributed by atoms with van der Waals surface area (Å²) in [5.74, 6) is 10.7. The monoisotopic (exact) mass is 1600 g/mol. The van der Waals surface area contributed by atoms with E-state index in [9.17, 15) is 30.2 Å². The van der Waals surface area contributed by atoms with Gasteiger partial charge in [-0.25, -0.2) is 44.3 Å². The molecule has 0 aliphatic heterocycles. The zero-order valence-corrected chi connectivity index (χ0v) is 70.1. The number of terminal acetylenes is 2. The van der Waals surface area contributed by atoms with Gasteiger partial charge in [0.2, 0.25) is 29.7 Å². The van der Waals surface area contributed by atoms with Crippen molar-refractivity contribution in [2.45, 2.75) is 240 Å². The number of aromatic nitrogens is 13. The van der Waals surface area contributed by atoms with Crippen LogP contribution in [0.25, 0.3) is 11.1 Å². The number of hydrogen-bond donors (Lipinski definition) is 9. The van der Waals surface area contributed by atoms with Crippen LogP contribution in [0.4, 0.5) is 39.8 Å². The van der Waals surface area contributed by atoms with Gasteiger partial charge in [-0.2, -0.15) is 20.5 Å². The molecule has 0 spiro atoms. The van der Waals surface area contributed by atoms with Gasteiger partial charge in [-0.3, -0.25) is 15.0 Å². The zero-order chi connectivity index (χ0) is 84.0. The molecule has 9 N–H and O–H groups in total. The number of nitrogens with zero attached hydrogens (tertiary/aromatic N) is 15. The fourth-order valence-corrected chi connectivity index (χ4v) is 16.6. The lowest BCUT2D eigenvalue weighted by atomic mass is 9.65. The van der Waals surface area contributed by atoms with Crippen LogP contribution in [0, 0.1) is 81.3 Å². The van der Waals surface area contributed by atoms with Crippen molar-refractivity contribution in [1.29, 1.82) is 10.5 Å². The molecule has 4 fully saturated rings. The number of alkyl halides is 1. The molecule has 14 rings (SSSR count). The molecule has 0 aromatic carbocycles. The van der Waals surface area contributed by atoms with Crippen LogP contribution in [0.15, 0.2) is 111 Å². The van der Waals surface area contributed by atoms with Crippen LogP contribution < -0.4 is 36.6 Å². The molecule has 25 nitrogen and oxygen atoms in total. The van der Waals surface area contributed by atoms with E-state index in [1.165, 1.54) is 79.0 Å². The van der Waals surface area contributed by atoms with Gasteiger partial charge in [0.25, 0.3) is 0 Å². The standard InChI is InChI=1S/2C24H29N5O.C22H29FN6O2.C22H29N5/c1-4-16-15-27-23(26-12-9-17-5-6-18-14-25-11-10-20(17)18)29-22(16)28-19-7-8-21(30)24(2,3)13-19;1-4-16-14-27-23(26-12-10-18-6-5-17-9-11-25-15-20(17)18)29-22(16)28-19-7-8-21(30)24(2,3)13-19;1-21(2,23)13-31-19-17(10-25-14-28-19)12-27-20-26-11-16(9-24)18(29-20)7-15-5-4-6-22(3,30)8-15;1-16-7-8-17(13-22(16,2)3)12-20-18(14-23)15-26-21(27-20)25-11-9-19-6-4-5-10-24-19/h1,5,10-11,14-15,19,21,30H,6-9,12-13H2,2-3H3,(H2,26,27,28,29);1,6,9,11,14-15,19,21,30H,5,7-8,10,12-13H2,2-3H3,(H2,26,27,28,29);10-11,14-15,30H,4-8,12-13H2,1-3H3,(H,26,27,29);4-6,10,15-17H,7-9,11-13H2,1-3H3,(H,25,26,27)/t2*19-,21+;15-,22+;16-,17-/m1110/s1. The van der Waals surface area contributed by atoms with E-state index in [2.05, 4.69) is 193 Å². The number of aliphatic hydroxyl groups excluding tert-OH is 2. The summed E-state index contributed by atoms with van der Waals surface area (Å²) in [6, 6.07) is 15.0. The lowest BCUT2D eigenvalue weighted by Crippen LogP contribution is -2.41. The van der Waals surface area contributed by atoms with Crippen LogP contribution in [-0.2, 0) is 38.6 Å². The van der Waals surface area contributed by atoms with Crippen molar-refractivity contribution >= 4 is 46.6 Å². The molecule has 0 bridgehead atoms. The van der Waals surface area contributed by atoms with Gasteiger partial charge >= 0.3 is 0 Å². The molecule has 8 atom stereocenters. The maximum absolute atomic E-state index is 13.8. The number of aliphatic hydroxyl groups is 3. The molecule has 6 aliphatic rings. The van der Waals surface area contributed by atoms with Crippen LogP contribution in [0.5, 0.6) is 5.88 Å². The lowest BCUT2D eigenvalue weighted by molar-refractivity contribution is 0.00106. The van der Waals surface area contributed by atoms with Gasteiger partial charge in [-0.1, -0.05) is 84.9 Å². The smallest absolute Gasteiger partial charge is 0.224 e. The fraction of sp³-hybridized carbons (Fsp3) is 0.511. The summed E-state index contributed by atoms with van der Waals surface area (Å²) in [5.41, 5.74) is 11.3. The van der Waals surface area contributed by atoms with E-state index in [-0.39, 0.29) is 54.2 Å². The maximum Gasteiger partial charge on any atom is 0.224 e. The molecule has 8 aromatic rings. The summed E-state index contributed by atoms with van der Waals surface area (Å²) in [7, 11) is 0. The van der Waals surface area contributed by atoms with E-state index in [4.69, 9.17) is 17.6 Å². The van der Waals surface area contributed by atoms with Crippen molar-refractivity contribution in [3.05, 3.63) is 178 Å². The van der Waals surface area contributed by atoms with Gasteiger partial charge in [0.05, 0.1) is 81.8 Å². The minimum Gasteiger partial charge on any atom is -0.474 e. The molecule has 0 unspecified atom stereocenters. The van der Waals surface area contributed by atoms with Gasteiger partial charge in [0, 0.05) is 87.6 Å². The first kappa shape index (κ1) is 87.7. The third-order valence-electron chi connectivity index (χ3n) is 23.8. The van der Waals surface area contributed by atoms with E-state index in [0.29, 0.717) is 99.0 Å². The maximum atomic E-state index is 13.8. The second-order valence-electron chi connectivity index (χ2n) is 35.2. The Morgan fingerprint density at radius 3 is 1.64 bits per heavy atom. The number of anilines is 6. The summed E-state index contributed by atoms with van der Waals surface area (Å²) in [4.78, 5) is 56.7. The molecular formula is C92H116FN21O4. The molecule has 118 heavy (non-hydrogen) atoms. The summed E-state index contributed by atoms with van der Waals surface area (Å²) < 4.78 is 19.3. The molecule has 620 valence electrons. The number of nitriles is 2. The first-order chi connectivity index (χ1) is 56.5. The number of ether oxygens (including phenoxy) is 1. The number of allylic oxidation sites excluding steroid dienone is 2. The minimum absolute atomic E-state index is 0.124. The Labute approximate surface area is 695 Å². The number of fused-ring (bicyclic) bond motifs is 2. The van der Waals surface area contributed by atoms with Gasteiger partial charge in [0.1, 0.15) is 42.4 Å². The van der Waals surface area contributed by atoms with Gasteiger partial charge in [-0.15, -0.1) is 12.8 Å². The van der Waals surface area contributed by atoms with Crippen LogP contribution in [-0.4, -0.2) is 142 Å². The van der Waals surface area contributed by atoms with Crippen molar-refractivity contribution < 1.29 is 24.4 Å². The molecule has 8 aromatic heterocycles. The van der Waals surface area contributed by atoms with Crippen molar-refractivity contribution in [3.63, 3.8) is 0 Å². The quantitative estimate of drug-likeness (QED) is 0.0227. The van der Waals surface area contributed by atoms with Crippen LogP contribution in [0.3, 0.4) is 0 Å². The first-order valence-corrected chi connectivity index (χ1v) is 41.6. The molecule has 0 radical (unpaired) electrons. The molecule has 0 saturated heterocycles. The van der Waals surface area contributed by atoms with Crippen LogP contribution >= 0.6 is 0 Å². The normalized spacial score (nSPS) is 21.7. The second-order valence-corrected chi connectivity index (χ2v) is 35.2. The third kappa shape index (κ3) is 25.0. The molecule has 0 amide bonds. The Morgan fingerprint density at radius 1 is 0.551 bits per heavy atom. The Hall–Kier alpha value is -11.2. The highest BCUT2D eigenvalue weighted by molar-refractivity contribution is 5.73. The van der Waals surface area contributed by atoms with Gasteiger partial charge in [0.15, 0.2) is 0 Å². The Balaban J connectivity index is 0.000000154. The average Bonchev–Trinajstić information content (AvgIpc) is 0.871. The van der Waals surface area contributed by atoms with Crippen LogP contribution in [0.2, 0.25) is 0 Å². The largest absolute Gasteiger partial charge is 0.474 e. The fourth-order valence-electron chi connectivity index (χ4n) is 16.6. The van der Waals surface area contributed by atoms with E-state index in [1.807, 2.05) is 49.9 Å². The molecular weight excluding hydrogens is 1480 g/mol. The number of rotatable bonds is 26. The van der Waals surface area contributed by atoms with E-state index >= 15 is 0 Å². The van der Waals surface area contributed by atoms with Crippen molar-refractivity contribution in [1.82, 2.24) is 64.8 Å². The van der Waals surface area contributed by atoms with E-state index in [0.717, 1.165) is 133 Å². The first-order valence-electron chi connectivity index (χ1n) is 41.6. The highest BCUT2D eigenvalue weighted by Gasteiger charge is 2.39. The Kier molecular flexibility index (Phi) is 30.0. The van der Waals surface area contributed by atoms with Crippen molar-refractivity contribution in [2.75, 3.05) is 58.1 Å². The number of pyridine rings is 3. The number of halogens is 1. The third-order valence-corrected chi connectivity index (χ3v) is 23.8. The van der Waals surface area contributed by atoms with Crippen LogP contribution in [0.1, 0.15) is 233 Å². The number of hydrogen-bond acceptors (Lipinski definition) is 25. The number of nitrogens with one attached hydrogen (secondary N) is 6. The zero-order valence-electron chi connectivity index (χ0n) is 70.1. The predicted octanol–water partition coefficient (Wildman–Crippen LogP) is 15.1. The highest BCUT2D eigenvalue weighted by Crippen LogP contribution is 2.45. The predicted molar refractivity (Wildman–Crippen MR) is 460 cm³/mol. The highest BCUT2D eigenvalue weighted by atomic mass is 19.1. The van der Waals surface area contributed by atoms with Gasteiger partial charge in [-0.05, 0) is 228 Å². The topological polar surface area (TPSA) is 357 Å². The summed E-state index contributed by atoms with van der Waals surface area (Å²) >= 11 is 0. The molecule has 8 heterocycles. The van der Waals surface area contributed by atoms with E-state index < -0.39 is 11.3 Å². The summed E-state index contributed by atoms with van der Waals surface area (Å²) in [6.07, 6.45) is 52.4. The van der Waals surface area contributed by atoms with Gasteiger partial charge < -0.3 is 52.0 Å². The molecule has 4 saturated carbocycles. The Bertz CT molecular complexity index is 4780. The van der Waals surface area contributed by atoms with E-state index in [1.54, 1.807) is 31.0 Å².